The van der Waals surface area contributed by atoms with Crippen LogP contribution in [-0.2, 0) is 11.3 Å². The van der Waals surface area contributed by atoms with Crippen LogP contribution in [-0.4, -0.2) is 31.1 Å². The fraction of sp³-hybridized carbons (Fsp3) is 0.222. The number of ether oxygens (including phenoxy) is 1. The first-order chi connectivity index (χ1) is 12.5. The molecule has 1 amide bonds. The van der Waals surface area contributed by atoms with E-state index in [1.165, 1.54) is 24.3 Å². The summed E-state index contributed by atoms with van der Waals surface area (Å²) < 4.78 is 29.6. The van der Waals surface area contributed by atoms with Crippen molar-refractivity contribution in [1.29, 1.82) is 0 Å². The fourth-order valence-electron chi connectivity index (χ4n) is 2.52. The average Bonchev–Trinajstić information content (AvgIpc) is 2.98. The number of carbonyl (C=O) groups is 1. The van der Waals surface area contributed by atoms with Crippen LogP contribution in [0, 0.1) is 0 Å². The molecule has 0 aliphatic heterocycles. The van der Waals surface area contributed by atoms with Crippen LogP contribution in [0.3, 0.4) is 0 Å². The average molecular weight is 378 g/mol. The van der Waals surface area contributed by atoms with E-state index < -0.39 is 6.61 Å². The Morgan fingerprint density at radius 1 is 1.23 bits per heavy atom. The molecule has 26 heavy (non-hydrogen) atoms. The van der Waals surface area contributed by atoms with E-state index in [1.807, 2.05) is 31.3 Å². The Labute approximate surface area is 153 Å². The zero-order chi connectivity index (χ0) is 18.5. The topological polar surface area (TPSA) is 55.7 Å². The number of quaternary nitrogens is 1. The first-order valence-corrected chi connectivity index (χ1v) is 8.82. The molecule has 8 heteroatoms. The van der Waals surface area contributed by atoms with Gasteiger partial charge in [0.05, 0.1) is 17.3 Å². The van der Waals surface area contributed by atoms with Crippen LogP contribution in [0.5, 0.6) is 5.75 Å². The van der Waals surface area contributed by atoms with Crippen molar-refractivity contribution in [1.82, 2.24) is 4.98 Å². The number of amides is 1. The van der Waals surface area contributed by atoms with E-state index in [2.05, 4.69) is 15.0 Å². The molecule has 0 saturated heterocycles. The maximum Gasteiger partial charge on any atom is 0.387 e. The number of aromatic nitrogens is 1. The number of hydrogen-bond acceptors (Lipinski definition) is 4. The van der Waals surface area contributed by atoms with Crippen molar-refractivity contribution >= 4 is 33.1 Å². The van der Waals surface area contributed by atoms with Gasteiger partial charge in [0, 0.05) is 5.69 Å². The lowest BCUT2D eigenvalue weighted by Gasteiger charge is -2.12. The number of rotatable bonds is 7. The molecule has 0 spiro atoms. The van der Waals surface area contributed by atoms with Gasteiger partial charge >= 0.3 is 6.61 Å². The molecule has 0 aliphatic carbocycles. The van der Waals surface area contributed by atoms with Crippen molar-refractivity contribution in [3.05, 3.63) is 53.5 Å². The standard InChI is InChI=1S/C18H17F2N3O2S/c1-23(11-17-22-14-4-2-3-5-15(14)26-17)10-16(24)21-12-6-8-13(9-7-12)25-18(19)20/h2-9,18H,10-11H2,1H3,(H,21,24)/p+1. The van der Waals surface area contributed by atoms with Crippen molar-refractivity contribution < 1.29 is 23.2 Å². The van der Waals surface area contributed by atoms with Gasteiger partial charge in [-0.3, -0.25) is 4.79 Å². The Morgan fingerprint density at radius 2 is 1.96 bits per heavy atom. The highest BCUT2D eigenvalue weighted by Crippen LogP contribution is 2.20. The van der Waals surface area contributed by atoms with Crippen LogP contribution in [0.2, 0.25) is 0 Å². The van der Waals surface area contributed by atoms with Crippen molar-refractivity contribution in [3.63, 3.8) is 0 Å². The van der Waals surface area contributed by atoms with Gasteiger partial charge in [0.15, 0.2) is 6.54 Å². The maximum absolute atomic E-state index is 12.1. The molecule has 0 saturated carbocycles. The summed E-state index contributed by atoms with van der Waals surface area (Å²) in [5, 5.41) is 3.72. The molecule has 3 rings (SSSR count). The van der Waals surface area contributed by atoms with Crippen LogP contribution in [0.15, 0.2) is 48.5 Å². The zero-order valence-corrected chi connectivity index (χ0v) is 14.9. The van der Waals surface area contributed by atoms with Crippen molar-refractivity contribution in [2.45, 2.75) is 13.2 Å². The van der Waals surface area contributed by atoms with Gasteiger partial charge in [-0.15, -0.1) is 11.3 Å². The van der Waals surface area contributed by atoms with E-state index in [1.54, 1.807) is 11.3 Å². The highest BCUT2D eigenvalue weighted by molar-refractivity contribution is 7.18. The Morgan fingerprint density at radius 3 is 2.65 bits per heavy atom. The summed E-state index contributed by atoms with van der Waals surface area (Å²) in [7, 11) is 1.92. The SMILES string of the molecule is C[NH+](CC(=O)Nc1ccc(OC(F)F)cc1)Cc1nc2ccccc2s1. The van der Waals surface area contributed by atoms with Crippen molar-refractivity contribution in [3.8, 4) is 5.75 Å². The van der Waals surface area contributed by atoms with Gasteiger partial charge in [-0.2, -0.15) is 8.78 Å². The summed E-state index contributed by atoms with van der Waals surface area (Å²) in [6, 6.07) is 13.8. The number of fused-ring (bicyclic) bond motifs is 1. The van der Waals surface area contributed by atoms with Crippen LogP contribution >= 0.6 is 11.3 Å². The number of halogens is 2. The summed E-state index contributed by atoms with van der Waals surface area (Å²) in [5.41, 5.74) is 1.50. The third-order valence-corrected chi connectivity index (χ3v) is 4.65. The number of para-hydroxylation sites is 1. The maximum atomic E-state index is 12.1. The minimum atomic E-state index is -2.87. The predicted octanol–water partition coefficient (Wildman–Crippen LogP) is 2.55. The van der Waals surface area contributed by atoms with Crippen molar-refractivity contribution in [2.75, 3.05) is 18.9 Å². The highest BCUT2D eigenvalue weighted by atomic mass is 32.1. The molecule has 1 aromatic heterocycles. The predicted molar refractivity (Wildman–Crippen MR) is 96.8 cm³/mol. The van der Waals surface area contributed by atoms with Gasteiger partial charge in [-0.05, 0) is 36.4 Å². The number of hydrogen-bond donors (Lipinski definition) is 2. The van der Waals surface area contributed by atoms with Gasteiger partial charge in [0.1, 0.15) is 17.3 Å². The monoisotopic (exact) mass is 378 g/mol. The zero-order valence-electron chi connectivity index (χ0n) is 14.0. The van der Waals surface area contributed by atoms with Crippen LogP contribution < -0.4 is 15.0 Å². The molecule has 0 bridgehead atoms. The number of carbonyl (C=O) groups excluding carboxylic acids is 1. The molecule has 0 aliphatic rings. The molecule has 5 nitrogen and oxygen atoms in total. The second-order valence-electron chi connectivity index (χ2n) is 5.84. The van der Waals surface area contributed by atoms with E-state index in [9.17, 15) is 13.6 Å². The molecule has 0 fully saturated rings. The normalized spacial score (nSPS) is 12.3. The van der Waals surface area contributed by atoms with Crippen LogP contribution in [0.1, 0.15) is 5.01 Å². The van der Waals surface area contributed by atoms with Gasteiger partial charge < -0.3 is 15.0 Å². The van der Waals surface area contributed by atoms with Gasteiger partial charge in [0.2, 0.25) is 0 Å². The Bertz CT molecular complexity index is 851. The summed E-state index contributed by atoms with van der Waals surface area (Å²) in [6.45, 7) is -1.95. The summed E-state index contributed by atoms with van der Waals surface area (Å²) >= 11 is 1.62. The first-order valence-electron chi connectivity index (χ1n) is 8.00. The minimum absolute atomic E-state index is 0.0524. The summed E-state index contributed by atoms with van der Waals surface area (Å²) in [4.78, 5) is 17.7. The molecular weight excluding hydrogens is 360 g/mol. The lowest BCUT2D eigenvalue weighted by atomic mass is 10.3. The summed E-state index contributed by atoms with van der Waals surface area (Å²) in [5.74, 6) is -0.109. The number of thiazole rings is 1. The molecule has 2 N–H and O–H groups in total. The lowest BCUT2D eigenvalue weighted by Crippen LogP contribution is -3.08. The molecule has 2 aromatic carbocycles. The molecule has 3 aromatic rings. The van der Waals surface area contributed by atoms with E-state index in [-0.39, 0.29) is 18.2 Å². The van der Waals surface area contributed by atoms with Gasteiger partial charge in [0.25, 0.3) is 5.91 Å². The molecule has 0 radical (unpaired) electrons. The molecule has 1 unspecified atom stereocenters. The number of alkyl halides is 2. The lowest BCUT2D eigenvalue weighted by molar-refractivity contribution is -0.885. The molecular formula is C18H18F2N3O2S+. The number of likely N-dealkylation sites (N-methyl/N-ethyl adjacent to an activating group) is 1. The van der Waals surface area contributed by atoms with E-state index in [4.69, 9.17) is 0 Å². The number of nitrogens with zero attached hydrogens (tertiary/aromatic N) is 1. The fourth-order valence-corrected chi connectivity index (χ4v) is 3.60. The second-order valence-corrected chi connectivity index (χ2v) is 6.95. The van der Waals surface area contributed by atoms with E-state index >= 15 is 0 Å². The summed E-state index contributed by atoms with van der Waals surface area (Å²) in [6.07, 6.45) is 0. The largest absolute Gasteiger partial charge is 0.435 e. The van der Waals surface area contributed by atoms with Crippen LogP contribution in [0.25, 0.3) is 10.2 Å². The molecule has 1 heterocycles. The molecule has 1 atom stereocenters. The number of anilines is 1. The minimum Gasteiger partial charge on any atom is -0.435 e. The highest BCUT2D eigenvalue weighted by Gasteiger charge is 2.14. The number of nitrogens with one attached hydrogen (secondary N) is 2. The van der Waals surface area contributed by atoms with E-state index in [0.717, 1.165) is 20.1 Å². The number of benzene rings is 2. The second kappa shape index (κ2) is 8.20. The third kappa shape index (κ3) is 4.96. The van der Waals surface area contributed by atoms with Gasteiger partial charge in [-0.1, -0.05) is 12.1 Å². The van der Waals surface area contributed by atoms with Crippen molar-refractivity contribution in [2.24, 2.45) is 0 Å². The Hall–Kier alpha value is -2.58. The molecule has 136 valence electrons. The Balaban J connectivity index is 1.52. The quantitative estimate of drug-likeness (QED) is 0.664. The van der Waals surface area contributed by atoms with E-state index in [0.29, 0.717) is 12.2 Å². The smallest absolute Gasteiger partial charge is 0.387 e. The Kier molecular flexibility index (Phi) is 5.75. The van der Waals surface area contributed by atoms with Crippen LogP contribution in [0.4, 0.5) is 14.5 Å². The van der Waals surface area contributed by atoms with Gasteiger partial charge in [-0.25, -0.2) is 4.98 Å². The third-order valence-electron chi connectivity index (χ3n) is 3.62. The first kappa shape index (κ1) is 18.2.